The number of urea groups is 1. The van der Waals surface area contributed by atoms with Gasteiger partial charge in [0.25, 0.3) is 0 Å². The lowest BCUT2D eigenvalue weighted by Gasteiger charge is -2.19. The third-order valence-corrected chi connectivity index (χ3v) is 2.45. The molecule has 6 heteroatoms. The number of hydrogen-bond donors (Lipinski definition) is 2. The number of amides is 2. The number of ether oxygens (including phenoxy) is 1. The largest absolute Gasteiger partial charge is 0.480 e. The van der Waals surface area contributed by atoms with Crippen LogP contribution in [0.1, 0.15) is 5.56 Å². The zero-order valence-corrected chi connectivity index (χ0v) is 11.1. The second-order valence-corrected chi connectivity index (χ2v) is 3.97. The Morgan fingerprint density at radius 2 is 2.15 bits per heavy atom. The molecule has 0 saturated carbocycles. The number of nitrogens with zero attached hydrogens (tertiary/aromatic N) is 1. The molecule has 2 amide bonds. The third kappa shape index (κ3) is 4.63. The summed E-state index contributed by atoms with van der Waals surface area (Å²) in [6, 6.07) is 6.54. The van der Waals surface area contributed by atoms with Crippen LogP contribution in [-0.2, 0) is 16.1 Å². The van der Waals surface area contributed by atoms with Crippen LogP contribution < -0.4 is 5.32 Å². The molecule has 1 aromatic rings. The number of carbonyl (C=O) groups excluding carboxylic acids is 1. The van der Waals surface area contributed by atoms with E-state index < -0.39 is 18.5 Å². The predicted molar refractivity (Wildman–Crippen MR) is 74.2 cm³/mol. The minimum absolute atomic E-state index is 0.0788. The van der Waals surface area contributed by atoms with Gasteiger partial charge in [-0.2, -0.15) is 0 Å². The lowest BCUT2D eigenvalue weighted by molar-refractivity contribution is -0.137. The van der Waals surface area contributed by atoms with Gasteiger partial charge < -0.3 is 20.1 Å². The molecule has 0 radical (unpaired) electrons. The summed E-state index contributed by atoms with van der Waals surface area (Å²) in [5, 5.41) is 11.4. The van der Waals surface area contributed by atoms with Crippen LogP contribution in [0.15, 0.2) is 24.3 Å². The minimum atomic E-state index is -1.12. The molecule has 20 heavy (non-hydrogen) atoms. The first-order valence-corrected chi connectivity index (χ1v) is 5.86. The van der Waals surface area contributed by atoms with Gasteiger partial charge in [-0.05, 0) is 6.07 Å². The molecular formula is C14H16N2O4. The van der Waals surface area contributed by atoms with Crippen molar-refractivity contribution in [1.82, 2.24) is 4.90 Å². The van der Waals surface area contributed by atoms with Crippen LogP contribution in [0.3, 0.4) is 0 Å². The van der Waals surface area contributed by atoms with Gasteiger partial charge in [0.05, 0.1) is 13.2 Å². The summed E-state index contributed by atoms with van der Waals surface area (Å²) in [6.07, 6.45) is 5.13. The van der Waals surface area contributed by atoms with Crippen LogP contribution in [0.5, 0.6) is 0 Å². The van der Waals surface area contributed by atoms with Crippen molar-refractivity contribution in [2.24, 2.45) is 0 Å². The van der Waals surface area contributed by atoms with E-state index in [1.807, 2.05) is 12.1 Å². The molecule has 0 aliphatic carbocycles. The number of para-hydroxylation sites is 1. The van der Waals surface area contributed by atoms with Crippen molar-refractivity contribution < 1.29 is 19.4 Å². The number of benzene rings is 1. The van der Waals surface area contributed by atoms with E-state index in [9.17, 15) is 9.59 Å². The van der Waals surface area contributed by atoms with E-state index in [-0.39, 0.29) is 6.54 Å². The number of carboxylic acids is 1. The van der Waals surface area contributed by atoms with Crippen LogP contribution in [0.4, 0.5) is 10.5 Å². The molecule has 0 aliphatic rings. The summed E-state index contributed by atoms with van der Waals surface area (Å²) in [4.78, 5) is 23.7. The van der Waals surface area contributed by atoms with Crippen LogP contribution in [0.25, 0.3) is 0 Å². The van der Waals surface area contributed by atoms with Gasteiger partial charge in [-0.3, -0.25) is 4.79 Å². The first kappa shape index (κ1) is 15.5. The van der Waals surface area contributed by atoms with E-state index >= 15 is 0 Å². The number of carbonyl (C=O) groups is 2. The maximum atomic E-state index is 12.0. The number of nitrogens with one attached hydrogen (secondary N) is 1. The smallest absolute Gasteiger partial charge is 0.323 e. The van der Waals surface area contributed by atoms with E-state index in [1.165, 1.54) is 0 Å². The molecule has 0 unspecified atom stereocenters. The summed E-state index contributed by atoms with van der Waals surface area (Å²) in [7, 11) is 1.55. The van der Waals surface area contributed by atoms with Crippen molar-refractivity contribution in [3.8, 4) is 12.3 Å². The molecular weight excluding hydrogens is 260 g/mol. The first-order chi connectivity index (χ1) is 9.58. The highest BCUT2D eigenvalue weighted by Crippen LogP contribution is 2.16. The number of anilines is 1. The summed E-state index contributed by atoms with van der Waals surface area (Å²) >= 11 is 0. The van der Waals surface area contributed by atoms with Gasteiger partial charge >= 0.3 is 12.0 Å². The Labute approximate surface area is 117 Å². The maximum absolute atomic E-state index is 12.0. The van der Waals surface area contributed by atoms with Crippen LogP contribution >= 0.6 is 0 Å². The van der Waals surface area contributed by atoms with Gasteiger partial charge in [-0.15, -0.1) is 6.42 Å². The molecule has 1 aromatic carbocycles. The summed E-state index contributed by atoms with van der Waals surface area (Å²) in [5.74, 6) is 1.13. The highest BCUT2D eigenvalue weighted by atomic mass is 16.5. The van der Waals surface area contributed by atoms with Crippen LogP contribution in [0, 0.1) is 12.3 Å². The molecule has 0 atom stereocenters. The Morgan fingerprint density at radius 3 is 2.75 bits per heavy atom. The van der Waals surface area contributed by atoms with Crippen molar-refractivity contribution in [2.75, 3.05) is 25.5 Å². The molecule has 0 aliphatic heterocycles. The maximum Gasteiger partial charge on any atom is 0.323 e. The first-order valence-electron chi connectivity index (χ1n) is 5.86. The summed E-state index contributed by atoms with van der Waals surface area (Å²) < 4.78 is 5.03. The van der Waals surface area contributed by atoms with E-state index in [4.69, 9.17) is 16.3 Å². The molecule has 0 spiro atoms. The zero-order chi connectivity index (χ0) is 15.0. The predicted octanol–water partition coefficient (Wildman–Crippen LogP) is 1.38. The number of rotatable bonds is 6. The van der Waals surface area contributed by atoms with Crippen LogP contribution in [0.2, 0.25) is 0 Å². The molecule has 0 bridgehead atoms. The number of terminal acetylenes is 1. The van der Waals surface area contributed by atoms with E-state index in [0.29, 0.717) is 12.3 Å². The van der Waals surface area contributed by atoms with Crippen molar-refractivity contribution >= 4 is 17.7 Å². The van der Waals surface area contributed by atoms with Crippen molar-refractivity contribution in [3.05, 3.63) is 29.8 Å². The number of methoxy groups -OCH3 is 1. The van der Waals surface area contributed by atoms with Gasteiger partial charge in [0.2, 0.25) is 0 Å². The Kier molecular flexibility index (Phi) is 6.07. The molecule has 0 fully saturated rings. The summed E-state index contributed by atoms with van der Waals surface area (Å²) in [6.45, 7) is -0.197. The van der Waals surface area contributed by atoms with E-state index in [1.54, 1.807) is 19.2 Å². The monoisotopic (exact) mass is 276 g/mol. The fourth-order valence-corrected chi connectivity index (χ4v) is 1.59. The molecule has 106 valence electrons. The number of carboxylic acid groups (broad SMARTS) is 1. The Bertz CT molecular complexity index is 522. The Balaban J connectivity index is 2.82. The average molecular weight is 276 g/mol. The average Bonchev–Trinajstić information content (AvgIpc) is 2.40. The SMILES string of the molecule is C#CCN(CC(=O)O)C(=O)Nc1ccccc1COC. The second kappa shape index (κ2) is 7.81. The van der Waals surface area contributed by atoms with Gasteiger partial charge in [0, 0.05) is 18.4 Å². The molecule has 1 rings (SSSR count). The van der Waals surface area contributed by atoms with Crippen LogP contribution in [-0.4, -0.2) is 42.2 Å². The second-order valence-electron chi connectivity index (χ2n) is 3.97. The quantitative estimate of drug-likeness (QED) is 0.769. The van der Waals surface area contributed by atoms with Crippen molar-refractivity contribution in [3.63, 3.8) is 0 Å². The third-order valence-electron chi connectivity index (χ3n) is 2.45. The lowest BCUT2D eigenvalue weighted by Crippen LogP contribution is -2.39. The van der Waals surface area contributed by atoms with Crippen molar-refractivity contribution in [2.45, 2.75) is 6.61 Å². The van der Waals surface area contributed by atoms with E-state index in [2.05, 4.69) is 11.2 Å². The van der Waals surface area contributed by atoms with Crippen molar-refractivity contribution in [1.29, 1.82) is 0 Å². The van der Waals surface area contributed by atoms with Gasteiger partial charge in [0.1, 0.15) is 6.54 Å². The van der Waals surface area contributed by atoms with Gasteiger partial charge in [0.15, 0.2) is 0 Å². The highest BCUT2D eigenvalue weighted by Gasteiger charge is 2.16. The Hall–Kier alpha value is -2.52. The standard InChI is InChI=1S/C14H16N2O4/c1-3-8-16(9-13(17)18)14(19)15-12-7-5-4-6-11(12)10-20-2/h1,4-7H,8-10H2,2H3,(H,15,19)(H,17,18). The van der Waals surface area contributed by atoms with Gasteiger partial charge in [-0.25, -0.2) is 4.79 Å². The van der Waals surface area contributed by atoms with E-state index in [0.717, 1.165) is 10.5 Å². The molecule has 6 nitrogen and oxygen atoms in total. The fourth-order valence-electron chi connectivity index (χ4n) is 1.59. The normalized spacial score (nSPS) is 9.60. The lowest BCUT2D eigenvalue weighted by atomic mass is 10.2. The molecule has 0 heterocycles. The zero-order valence-electron chi connectivity index (χ0n) is 11.1. The molecule has 0 aromatic heterocycles. The highest BCUT2D eigenvalue weighted by molar-refractivity contribution is 5.92. The number of aliphatic carboxylic acids is 1. The molecule has 0 saturated heterocycles. The van der Waals surface area contributed by atoms with Gasteiger partial charge in [-0.1, -0.05) is 24.1 Å². The minimum Gasteiger partial charge on any atom is -0.480 e. The summed E-state index contributed by atoms with van der Waals surface area (Å²) in [5.41, 5.74) is 1.35. The molecule has 2 N–H and O–H groups in total. The topological polar surface area (TPSA) is 78.9 Å². The fraction of sp³-hybridized carbons (Fsp3) is 0.286. The Morgan fingerprint density at radius 1 is 1.45 bits per heavy atom. The number of hydrogen-bond acceptors (Lipinski definition) is 3.